The standard InChI is InChI=1S/C7H6N4S/c8-7(12)5-3-10-6-4-9-1-2-11(5)6/h1-4H,(H2,8,12). The van der Waals surface area contributed by atoms with Crippen LogP contribution in [0.3, 0.4) is 0 Å². The summed E-state index contributed by atoms with van der Waals surface area (Å²) in [6, 6.07) is 0. The van der Waals surface area contributed by atoms with Crippen LogP contribution in [0.2, 0.25) is 0 Å². The average Bonchev–Trinajstić information content (AvgIpc) is 2.47. The maximum Gasteiger partial charge on any atom is 0.155 e. The van der Waals surface area contributed by atoms with Gasteiger partial charge in [-0.05, 0) is 0 Å². The fourth-order valence-corrected chi connectivity index (χ4v) is 1.18. The van der Waals surface area contributed by atoms with E-state index >= 15 is 0 Å². The van der Waals surface area contributed by atoms with E-state index in [0.717, 1.165) is 11.3 Å². The Balaban J connectivity index is 2.79. The van der Waals surface area contributed by atoms with E-state index in [-0.39, 0.29) is 0 Å². The summed E-state index contributed by atoms with van der Waals surface area (Å²) < 4.78 is 1.80. The predicted octanol–water partition coefficient (Wildman–Crippen LogP) is 0.364. The minimum absolute atomic E-state index is 0.341. The Morgan fingerprint density at radius 2 is 2.33 bits per heavy atom. The molecule has 2 rings (SSSR count). The fourth-order valence-electron chi connectivity index (χ4n) is 1.02. The van der Waals surface area contributed by atoms with Crippen molar-refractivity contribution in [3.8, 4) is 0 Å². The minimum atomic E-state index is 0.341. The SMILES string of the molecule is NC(=S)c1cnc2cnccn12. The summed E-state index contributed by atoms with van der Waals surface area (Å²) in [4.78, 5) is 8.33. The first-order valence-corrected chi connectivity index (χ1v) is 3.77. The molecule has 2 heterocycles. The number of fused-ring (bicyclic) bond motifs is 1. The number of thiocarbonyl (C=S) groups is 1. The highest BCUT2D eigenvalue weighted by molar-refractivity contribution is 7.80. The van der Waals surface area contributed by atoms with Crippen molar-refractivity contribution in [2.45, 2.75) is 0 Å². The van der Waals surface area contributed by atoms with E-state index in [4.69, 9.17) is 18.0 Å². The largest absolute Gasteiger partial charge is 0.388 e. The minimum Gasteiger partial charge on any atom is -0.388 e. The Morgan fingerprint density at radius 3 is 3.08 bits per heavy atom. The monoisotopic (exact) mass is 178 g/mol. The molecule has 0 saturated carbocycles. The summed E-state index contributed by atoms with van der Waals surface area (Å²) in [6.45, 7) is 0. The molecule has 2 N–H and O–H groups in total. The zero-order chi connectivity index (χ0) is 8.55. The number of nitrogens with two attached hydrogens (primary N) is 1. The second kappa shape index (κ2) is 2.53. The second-order valence-electron chi connectivity index (χ2n) is 2.31. The third-order valence-electron chi connectivity index (χ3n) is 1.57. The number of hydrogen-bond donors (Lipinski definition) is 1. The highest BCUT2D eigenvalue weighted by Gasteiger charge is 2.03. The third kappa shape index (κ3) is 0.947. The predicted molar refractivity (Wildman–Crippen MR) is 48.9 cm³/mol. The molecule has 0 aliphatic rings. The van der Waals surface area contributed by atoms with Crippen LogP contribution in [0.4, 0.5) is 0 Å². The van der Waals surface area contributed by atoms with Crippen LogP contribution in [-0.4, -0.2) is 19.4 Å². The molecule has 0 amide bonds. The van der Waals surface area contributed by atoms with Crippen LogP contribution in [-0.2, 0) is 0 Å². The number of aromatic nitrogens is 3. The van der Waals surface area contributed by atoms with Gasteiger partial charge in [0.1, 0.15) is 4.99 Å². The molecule has 0 atom stereocenters. The maximum atomic E-state index is 5.47. The quantitative estimate of drug-likeness (QED) is 0.641. The number of rotatable bonds is 1. The lowest BCUT2D eigenvalue weighted by Gasteiger charge is -1.96. The fraction of sp³-hybridized carbons (Fsp3) is 0. The second-order valence-corrected chi connectivity index (χ2v) is 2.75. The summed E-state index contributed by atoms with van der Waals surface area (Å²) in [6.07, 6.45) is 6.73. The molecule has 5 heteroatoms. The van der Waals surface area contributed by atoms with Gasteiger partial charge in [-0.1, -0.05) is 12.2 Å². The van der Waals surface area contributed by atoms with E-state index < -0.39 is 0 Å². The van der Waals surface area contributed by atoms with Gasteiger partial charge in [0.15, 0.2) is 5.65 Å². The van der Waals surface area contributed by atoms with E-state index in [2.05, 4.69) is 9.97 Å². The van der Waals surface area contributed by atoms with Gasteiger partial charge in [0.2, 0.25) is 0 Å². The van der Waals surface area contributed by atoms with Gasteiger partial charge in [-0.15, -0.1) is 0 Å². The van der Waals surface area contributed by atoms with Gasteiger partial charge in [0, 0.05) is 12.4 Å². The molecule has 60 valence electrons. The zero-order valence-corrected chi connectivity index (χ0v) is 6.95. The van der Waals surface area contributed by atoms with Crippen molar-refractivity contribution >= 4 is 22.9 Å². The van der Waals surface area contributed by atoms with Crippen LogP contribution in [0, 0.1) is 0 Å². The lowest BCUT2D eigenvalue weighted by atomic mass is 10.5. The number of nitrogens with zero attached hydrogens (tertiary/aromatic N) is 3. The number of hydrogen-bond acceptors (Lipinski definition) is 3. The van der Waals surface area contributed by atoms with E-state index in [0.29, 0.717) is 4.99 Å². The van der Waals surface area contributed by atoms with Crippen LogP contribution < -0.4 is 5.73 Å². The van der Waals surface area contributed by atoms with Crippen LogP contribution >= 0.6 is 12.2 Å². The van der Waals surface area contributed by atoms with Crippen molar-refractivity contribution in [1.29, 1.82) is 0 Å². The Bertz CT molecular complexity index is 434. The highest BCUT2D eigenvalue weighted by atomic mass is 32.1. The van der Waals surface area contributed by atoms with Crippen molar-refractivity contribution < 1.29 is 0 Å². The summed E-state index contributed by atoms with van der Waals surface area (Å²) in [5, 5.41) is 0. The molecule has 0 aromatic carbocycles. The molecule has 0 spiro atoms. The van der Waals surface area contributed by atoms with E-state index in [9.17, 15) is 0 Å². The Labute approximate surface area is 74.1 Å². The van der Waals surface area contributed by atoms with Crippen LogP contribution in [0.5, 0.6) is 0 Å². The molecular weight excluding hydrogens is 172 g/mol. The molecule has 0 aliphatic heterocycles. The third-order valence-corrected chi connectivity index (χ3v) is 1.78. The average molecular weight is 178 g/mol. The van der Waals surface area contributed by atoms with Gasteiger partial charge in [-0.2, -0.15) is 0 Å². The van der Waals surface area contributed by atoms with E-state index in [1.54, 1.807) is 29.2 Å². The van der Waals surface area contributed by atoms with Crippen LogP contribution in [0.25, 0.3) is 5.65 Å². The lowest BCUT2D eigenvalue weighted by Crippen LogP contribution is -2.11. The van der Waals surface area contributed by atoms with Gasteiger partial charge in [0.25, 0.3) is 0 Å². The topological polar surface area (TPSA) is 56.2 Å². The molecule has 0 unspecified atom stereocenters. The molecule has 0 aliphatic carbocycles. The van der Waals surface area contributed by atoms with Gasteiger partial charge in [-0.25, -0.2) is 4.98 Å². The van der Waals surface area contributed by atoms with Crippen molar-refractivity contribution in [1.82, 2.24) is 14.4 Å². The van der Waals surface area contributed by atoms with Gasteiger partial charge >= 0.3 is 0 Å². The molecule has 0 fully saturated rings. The molecular formula is C7H6N4S. The Kier molecular flexibility index (Phi) is 1.51. The normalized spacial score (nSPS) is 10.3. The molecule has 4 nitrogen and oxygen atoms in total. The Morgan fingerprint density at radius 1 is 1.50 bits per heavy atom. The summed E-state index contributed by atoms with van der Waals surface area (Å²) in [7, 11) is 0. The Hall–Kier alpha value is -1.49. The maximum absolute atomic E-state index is 5.47. The van der Waals surface area contributed by atoms with Crippen molar-refractivity contribution in [2.24, 2.45) is 5.73 Å². The first-order chi connectivity index (χ1) is 5.79. The van der Waals surface area contributed by atoms with Gasteiger partial charge < -0.3 is 5.73 Å². The molecule has 0 bridgehead atoms. The van der Waals surface area contributed by atoms with Gasteiger partial charge in [0.05, 0.1) is 18.1 Å². The molecule has 0 saturated heterocycles. The lowest BCUT2D eigenvalue weighted by molar-refractivity contribution is 1.11. The highest BCUT2D eigenvalue weighted by Crippen LogP contribution is 2.03. The van der Waals surface area contributed by atoms with E-state index in [1.165, 1.54) is 0 Å². The first-order valence-electron chi connectivity index (χ1n) is 3.36. The van der Waals surface area contributed by atoms with Crippen molar-refractivity contribution in [3.05, 3.63) is 30.5 Å². The zero-order valence-electron chi connectivity index (χ0n) is 6.14. The first kappa shape index (κ1) is 7.17. The summed E-state index contributed by atoms with van der Waals surface area (Å²) >= 11 is 4.84. The summed E-state index contributed by atoms with van der Waals surface area (Å²) in [5.41, 5.74) is 6.96. The van der Waals surface area contributed by atoms with Crippen LogP contribution in [0.15, 0.2) is 24.8 Å². The van der Waals surface area contributed by atoms with E-state index in [1.807, 2.05) is 0 Å². The molecule has 12 heavy (non-hydrogen) atoms. The van der Waals surface area contributed by atoms with Gasteiger partial charge in [-0.3, -0.25) is 9.38 Å². The molecule has 0 radical (unpaired) electrons. The molecule has 2 aromatic rings. The molecule has 2 aromatic heterocycles. The van der Waals surface area contributed by atoms with Crippen molar-refractivity contribution in [2.75, 3.05) is 0 Å². The summed E-state index contributed by atoms with van der Waals surface area (Å²) in [5.74, 6) is 0. The number of imidazole rings is 1. The van der Waals surface area contributed by atoms with Crippen LogP contribution in [0.1, 0.15) is 5.69 Å². The van der Waals surface area contributed by atoms with Crippen molar-refractivity contribution in [3.63, 3.8) is 0 Å². The smallest absolute Gasteiger partial charge is 0.155 e.